The predicted molar refractivity (Wildman–Crippen MR) is 99.6 cm³/mol. The van der Waals surface area contributed by atoms with Gasteiger partial charge in [-0.1, -0.05) is 12.1 Å². The highest BCUT2D eigenvalue weighted by Crippen LogP contribution is 2.33. The zero-order chi connectivity index (χ0) is 19.5. The normalized spacial score (nSPS) is 16.8. The van der Waals surface area contributed by atoms with Crippen molar-refractivity contribution in [2.45, 2.75) is 18.8 Å². The lowest BCUT2D eigenvalue weighted by atomic mass is 9.94. The van der Waals surface area contributed by atoms with Crippen LogP contribution in [0.2, 0.25) is 0 Å². The Morgan fingerprint density at radius 1 is 1.25 bits per heavy atom. The van der Waals surface area contributed by atoms with E-state index >= 15 is 0 Å². The van der Waals surface area contributed by atoms with Crippen LogP contribution in [0.4, 0.5) is 4.39 Å². The first-order valence-corrected chi connectivity index (χ1v) is 9.13. The fourth-order valence-corrected chi connectivity index (χ4v) is 3.43. The monoisotopic (exact) mass is 381 g/mol. The third-order valence-electron chi connectivity index (χ3n) is 4.78. The minimum Gasteiger partial charge on any atom is -0.434 e. The molecular weight excluding hydrogens is 361 g/mol. The Kier molecular flexibility index (Phi) is 5.01. The maximum absolute atomic E-state index is 14.0. The van der Waals surface area contributed by atoms with Crippen LogP contribution in [0.15, 0.2) is 49.1 Å². The molecule has 1 amide bonds. The van der Waals surface area contributed by atoms with Gasteiger partial charge in [0, 0.05) is 44.6 Å². The van der Waals surface area contributed by atoms with E-state index in [0.29, 0.717) is 24.3 Å². The fraction of sp³-hybridized carbons (Fsp3) is 0.300. The van der Waals surface area contributed by atoms with Crippen LogP contribution < -0.4 is 4.74 Å². The Morgan fingerprint density at radius 3 is 2.86 bits per heavy atom. The molecule has 1 atom stereocenters. The van der Waals surface area contributed by atoms with E-state index < -0.39 is 5.82 Å². The highest BCUT2D eigenvalue weighted by Gasteiger charge is 2.29. The number of halogens is 1. The summed E-state index contributed by atoms with van der Waals surface area (Å²) in [5.41, 5.74) is 1.19. The van der Waals surface area contributed by atoms with Crippen molar-refractivity contribution in [2.75, 3.05) is 13.1 Å². The summed E-state index contributed by atoms with van der Waals surface area (Å²) in [6.45, 7) is 1.17. The van der Waals surface area contributed by atoms with Crippen molar-refractivity contribution < 1.29 is 13.9 Å². The SMILES string of the molecule is Cn1cc(C(=O)N2CCC[C@@H](c3nccnc3Oc3ccccc3F)C2)cn1. The summed E-state index contributed by atoms with van der Waals surface area (Å²) in [6, 6.07) is 6.18. The Morgan fingerprint density at radius 2 is 2.07 bits per heavy atom. The van der Waals surface area contributed by atoms with Gasteiger partial charge in [0.05, 0.1) is 11.8 Å². The maximum atomic E-state index is 14.0. The summed E-state index contributed by atoms with van der Waals surface area (Å²) in [5, 5.41) is 4.07. The molecule has 0 unspecified atom stereocenters. The number of ether oxygens (including phenoxy) is 1. The molecule has 28 heavy (non-hydrogen) atoms. The number of piperidine rings is 1. The molecule has 144 valence electrons. The third-order valence-corrected chi connectivity index (χ3v) is 4.78. The molecule has 1 aromatic carbocycles. The van der Waals surface area contributed by atoms with Crippen LogP contribution in [-0.4, -0.2) is 43.6 Å². The average molecular weight is 381 g/mol. The smallest absolute Gasteiger partial charge is 0.257 e. The first-order chi connectivity index (χ1) is 13.6. The quantitative estimate of drug-likeness (QED) is 0.694. The van der Waals surface area contributed by atoms with Crippen LogP contribution in [0.25, 0.3) is 0 Å². The summed E-state index contributed by atoms with van der Waals surface area (Å²) < 4.78 is 21.3. The van der Waals surface area contributed by atoms with E-state index in [4.69, 9.17) is 4.74 Å². The molecule has 4 rings (SSSR count). The molecule has 1 fully saturated rings. The third kappa shape index (κ3) is 3.71. The number of hydrogen-bond acceptors (Lipinski definition) is 5. The van der Waals surface area contributed by atoms with Gasteiger partial charge in [-0.3, -0.25) is 14.5 Å². The second kappa shape index (κ2) is 7.75. The number of amides is 1. The molecule has 2 aromatic heterocycles. The number of aromatic nitrogens is 4. The van der Waals surface area contributed by atoms with Crippen molar-refractivity contribution in [3.8, 4) is 11.6 Å². The van der Waals surface area contributed by atoms with Gasteiger partial charge in [0.25, 0.3) is 5.91 Å². The summed E-state index contributed by atoms with van der Waals surface area (Å²) in [7, 11) is 1.78. The summed E-state index contributed by atoms with van der Waals surface area (Å²) in [5.74, 6) is -0.184. The van der Waals surface area contributed by atoms with E-state index in [1.807, 2.05) is 0 Å². The van der Waals surface area contributed by atoms with Gasteiger partial charge in [-0.05, 0) is 25.0 Å². The number of hydrogen-bond donors (Lipinski definition) is 0. The van der Waals surface area contributed by atoms with E-state index in [0.717, 1.165) is 12.8 Å². The van der Waals surface area contributed by atoms with Gasteiger partial charge in [-0.2, -0.15) is 5.10 Å². The standard InChI is InChI=1S/C20H20FN5O2/c1-25-12-15(11-24-25)20(27)26-10-4-5-14(13-26)18-19(23-9-8-22-18)28-17-7-3-2-6-16(17)21/h2-3,6-9,11-12,14H,4-5,10,13H2,1H3/t14-/m1/s1. The molecule has 1 saturated heterocycles. The molecule has 1 aliphatic heterocycles. The number of carbonyl (C=O) groups excluding carboxylic acids is 1. The average Bonchev–Trinajstić information content (AvgIpc) is 3.16. The summed E-state index contributed by atoms with van der Waals surface area (Å²) >= 11 is 0. The van der Waals surface area contributed by atoms with Crippen LogP contribution in [-0.2, 0) is 7.05 Å². The lowest BCUT2D eigenvalue weighted by Gasteiger charge is -2.32. The van der Waals surface area contributed by atoms with Crippen LogP contribution in [0.5, 0.6) is 11.6 Å². The molecule has 0 spiro atoms. The molecule has 8 heteroatoms. The van der Waals surface area contributed by atoms with Crippen molar-refractivity contribution in [2.24, 2.45) is 7.05 Å². The molecule has 0 N–H and O–H groups in total. The number of benzene rings is 1. The summed E-state index contributed by atoms with van der Waals surface area (Å²) in [6.07, 6.45) is 8.07. The largest absolute Gasteiger partial charge is 0.434 e. The van der Waals surface area contributed by atoms with Crippen molar-refractivity contribution in [3.63, 3.8) is 0 Å². The first-order valence-electron chi connectivity index (χ1n) is 9.13. The van der Waals surface area contributed by atoms with Gasteiger partial charge in [0.2, 0.25) is 5.88 Å². The van der Waals surface area contributed by atoms with Gasteiger partial charge in [0.1, 0.15) is 5.69 Å². The van der Waals surface area contributed by atoms with Gasteiger partial charge in [-0.15, -0.1) is 0 Å². The van der Waals surface area contributed by atoms with E-state index in [9.17, 15) is 9.18 Å². The lowest BCUT2D eigenvalue weighted by Crippen LogP contribution is -2.39. The van der Waals surface area contributed by atoms with E-state index in [2.05, 4.69) is 15.1 Å². The molecule has 0 aliphatic carbocycles. The molecule has 0 bridgehead atoms. The van der Waals surface area contributed by atoms with Crippen molar-refractivity contribution in [1.29, 1.82) is 0 Å². The number of aryl methyl sites for hydroxylation is 1. The first kappa shape index (κ1) is 18.1. The fourth-order valence-electron chi connectivity index (χ4n) is 3.43. The minimum absolute atomic E-state index is 0.0372. The van der Waals surface area contributed by atoms with Gasteiger partial charge in [-0.25, -0.2) is 9.37 Å². The Labute approximate surface area is 161 Å². The summed E-state index contributed by atoms with van der Waals surface area (Å²) in [4.78, 5) is 23.3. The molecule has 0 radical (unpaired) electrons. The maximum Gasteiger partial charge on any atom is 0.257 e. The zero-order valence-corrected chi connectivity index (χ0v) is 15.5. The Balaban J connectivity index is 1.55. The highest BCUT2D eigenvalue weighted by atomic mass is 19.1. The lowest BCUT2D eigenvalue weighted by molar-refractivity contribution is 0.0704. The zero-order valence-electron chi connectivity index (χ0n) is 15.5. The Hall–Kier alpha value is -3.29. The van der Waals surface area contributed by atoms with Crippen LogP contribution in [0.1, 0.15) is 34.8 Å². The van der Waals surface area contributed by atoms with E-state index in [1.165, 1.54) is 12.3 Å². The van der Waals surface area contributed by atoms with Gasteiger partial charge >= 0.3 is 0 Å². The number of nitrogens with zero attached hydrogens (tertiary/aromatic N) is 5. The van der Waals surface area contributed by atoms with Crippen LogP contribution in [0.3, 0.4) is 0 Å². The van der Waals surface area contributed by atoms with Crippen molar-refractivity contribution in [3.05, 3.63) is 66.1 Å². The van der Waals surface area contributed by atoms with Crippen LogP contribution >= 0.6 is 0 Å². The van der Waals surface area contributed by atoms with Crippen LogP contribution in [0, 0.1) is 5.82 Å². The number of rotatable bonds is 4. The number of para-hydroxylation sites is 1. The molecule has 3 heterocycles. The number of likely N-dealkylation sites (tertiary alicyclic amines) is 1. The minimum atomic E-state index is -0.462. The van der Waals surface area contributed by atoms with E-state index in [1.54, 1.807) is 53.4 Å². The second-order valence-corrected chi connectivity index (χ2v) is 6.77. The van der Waals surface area contributed by atoms with Crippen molar-refractivity contribution >= 4 is 5.91 Å². The van der Waals surface area contributed by atoms with Gasteiger partial charge in [0.15, 0.2) is 11.6 Å². The number of carbonyl (C=O) groups is 1. The Bertz CT molecular complexity index is 990. The van der Waals surface area contributed by atoms with Gasteiger partial charge < -0.3 is 9.64 Å². The molecule has 3 aromatic rings. The highest BCUT2D eigenvalue weighted by molar-refractivity contribution is 5.93. The predicted octanol–water partition coefficient (Wildman–Crippen LogP) is 3.16. The molecular formula is C20H20FN5O2. The van der Waals surface area contributed by atoms with E-state index in [-0.39, 0.29) is 23.5 Å². The van der Waals surface area contributed by atoms with Crippen molar-refractivity contribution in [1.82, 2.24) is 24.6 Å². The molecule has 1 aliphatic rings. The second-order valence-electron chi connectivity index (χ2n) is 6.77. The topological polar surface area (TPSA) is 73.1 Å². The molecule has 0 saturated carbocycles. The molecule has 7 nitrogen and oxygen atoms in total.